The zero-order valence-corrected chi connectivity index (χ0v) is 20.0. The van der Waals surface area contributed by atoms with E-state index >= 15 is 0 Å². The SMILES string of the molecule is NC1=Nc2[nH]cnc2C(N)N1c1cccc(-c2cncc(OCC(N)Cc3c[nH]c4ccccc34)c2)c1. The third-order valence-electron chi connectivity index (χ3n) is 6.47. The Kier molecular flexibility index (Phi) is 5.79. The summed E-state index contributed by atoms with van der Waals surface area (Å²) in [6.45, 7) is 0.367. The molecule has 10 heteroatoms. The largest absolute Gasteiger partial charge is 0.490 e. The minimum atomic E-state index is -0.555. The minimum Gasteiger partial charge on any atom is -0.490 e. The van der Waals surface area contributed by atoms with Crippen molar-refractivity contribution < 1.29 is 4.74 Å². The molecule has 37 heavy (non-hydrogen) atoms. The fourth-order valence-electron chi connectivity index (χ4n) is 4.67. The van der Waals surface area contributed by atoms with Gasteiger partial charge in [-0.3, -0.25) is 9.88 Å². The summed E-state index contributed by atoms with van der Waals surface area (Å²) in [4.78, 5) is 21.1. The predicted octanol–water partition coefficient (Wildman–Crippen LogP) is 3.33. The van der Waals surface area contributed by atoms with E-state index in [4.69, 9.17) is 21.9 Å². The number of para-hydroxylation sites is 1. The van der Waals surface area contributed by atoms with E-state index < -0.39 is 6.17 Å². The first-order valence-corrected chi connectivity index (χ1v) is 12.0. The van der Waals surface area contributed by atoms with Gasteiger partial charge in [0.05, 0.1) is 12.5 Å². The van der Waals surface area contributed by atoms with Crippen molar-refractivity contribution in [1.29, 1.82) is 0 Å². The highest BCUT2D eigenvalue weighted by molar-refractivity contribution is 5.99. The number of H-pyrrole nitrogens is 2. The van der Waals surface area contributed by atoms with Crippen LogP contribution in [0.1, 0.15) is 17.4 Å². The van der Waals surface area contributed by atoms with Gasteiger partial charge < -0.3 is 31.9 Å². The van der Waals surface area contributed by atoms with Crippen molar-refractivity contribution in [3.8, 4) is 16.9 Å². The van der Waals surface area contributed by atoms with Gasteiger partial charge >= 0.3 is 0 Å². The highest BCUT2D eigenvalue weighted by atomic mass is 16.5. The average molecular weight is 494 g/mol. The summed E-state index contributed by atoms with van der Waals surface area (Å²) in [5.41, 5.74) is 24.6. The number of nitrogens with zero attached hydrogens (tertiary/aromatic N) is 4. The number of fused-ring (bicyclic) bond motifs is 2. The van der Waals surface area contributed by atoms with Crippen LogP contribution in [0.15, 0.2) is 84.5 Å². The lowest BCUT2D eigenvalue weighted by molar-refractivity contribution is 0.287. The van der Waals surface area contributed by atoms with Gasteiger partial charge in [-0.25, -0.2) is 4.98 Å². The Morgan fingerprint density at radius 2 is 1.92 bits per heavy atom. The maximum Gasteiger partial charge on any atom is 0.204 e. The number of pyridine rings is 1. The first kappa shape index (κ1) is 22.8. The molecule has 0 aliphatic carbocycles. The highest BCUT2D eigenvalue weighted by Gasteiger charge is 2.29. The van der Waals surface area contributed by atoms with Crippen LogP contribution in [0.4, 0.5) is 11.5 Å². The number of benzene rings is 2. The smallest absolute Gasteiger partial charge is 0.204 e. The second-order valence-electron chi connectivity index (χ2n) is 9.02. The molecule has 3 aromatic heterocycles. The second-order valence-corrected chi connectivity index (χ2v) is 9.02. The molecule has 0 fully saturated rings. The Bertz CT molecular complexity index is 1590. The van der Waals surface area contributed by atoms with Crippen molar-refractivity contribution in [1.82, 2.24) is 19.9 Å². The monoisotopic (exact) mass is 493 g/mol. The zero-order chi connectivity index (χ0) is 25.4. The summed E-state index contributed by atoms with van der Waals surface area (Å²) < 4.78 is 6.02. The Hall–Kier alpha value is -4.67. The van der Waals surface area contributed by atoms with Crippen molar-refractivity contribution >= 4 is 28.4 Å². The Labute approximate surface area is 213 Å². The van der Waals surface area contributed by atoms with Gasteiger partial charge in [0.25, 0.3) is 0 Å². The maximum atomic E-state index is 6.45. The third kappa shape index (κ3) is 4.39. The molecule has 2 aromatic carbocycles. The number of aliphatic imine (C=N–C) groups is 1. The van der Waals surface area contributed by atoms with Gasteiger partial charge in [0.15, 0.2) is 5.82 Å². The maximum absolute atomic E-state index is 6.45. The standard InChI is InChI=1S/C27H27N9O/c28-19(8-18-12-32-23-7-2-1-6-22(18)23)14-37-21-10-17(11-31-13-21)16-4-3-5-20(9-16)36-25(29)24-26(34-15-33-24)35-27(36)30/h1-7,9-13,15,19,25,32H,8,14,28-29H2,(H2,30,35)(H,33,34). The molecule has 8 N–H and O–H groups in total. The molecule has 0 spiro atoms. The zero-order valence-electron chi connectivity index (χ0n) is 20.0. The van der Waals surface area contributed by atoms with Gasteiger partial charge in [0.2, 0.25) is 5.96 Å². The number of hydrogen-bond acceptors (Lipinski definition) is 8. The fraction of sp³-hybridized carbons (Fsp3) is 0.148. The molecule has 0 saturated heterocycles. The molecule has 0 saturated carbocycles. The molecule has 0 radical (unpaired) electrons. The third-order valence-corrected chi connectivity index (χ3v) is 6.47. The van der Waals surface area contributed by atoms with Crippen LogP contribution in [-0.2, 0) is 6.42 Å². The van der Waals surface area contributed by atoms with Crippen LogP contribution in [0.5, 0.6) is 5.75 Å². The molecule has 0 bridgehead atoms. The summed E-state index contributed by atoms with van der Waals surface area (Å²) in [7, 11) is 0. The number of aromatic nitrogens is 4. The molecule has 1 aliphatic rings. The lowest BCUT2D eigenvalue weighted by Gasteiger charge is -2.32. The first-order valence-electron chi connectivity index (χ1n) is 12.0. The van der Waals surface area contributed by atoms with E-state index in [1.807, 2.05) is 48.7 Å². The fourth-order valence-corrected chi connectivity index (χ4v) is 4.67. The molecule has 2 unspecified atom stereocenters. The van der Waals surface area contributed by atoms with Crippen molar-refractivity contribution in [2.75, 3.05) is 11.5 Å². The number of aromatic amines is 2. The Morgan fingerprint density at radius 3 is 2.84 bits per heavy atom. The van der Waals surface area contributed by atoms with Crippen LogP contribution in [0.2, 0.25) is 0 Å². The van der Waals surface area contributed by atoms with E-state index in [9.17, 15) is 0 Å². The van der Waals surface area contributed by atoms with Crippen molar-refractivity contribution in [3.05, 3.63) is 90.8 Å². The average Bonchev–Trinajstić information content (AvgIpc) is 3.55. The number of anilines is 1. The summed E-state index contributed by atoms with van der Waals surface area (Å²) in [6.07, 6.45) is 7.20. The van der Waals surface area contributed by atoms with E-state index in [1.54, 1.807) is 23.6 Å². The number of nitrogens with one attached hydrogen (secondary N) is 2. The Morgan fingerprint density at radius 1 is 1.03 bits per heavy atom. The van der Waals surface area contributed by atoms with Crippen LogP contribution < -0.4 is 26.8 Å². The molecule has 1 aliphatic heterocycles. The number of hydrogen-bond donors (Lipinski definition) is 5. The molecular weight excluding hydrogens is 466 g/mol. The van der Waals surface area contributed by atoms with Gasteiger partial charge in [0.1, 0.15) is 24.2 Å². The molecule has 186 valence electrons. The van der Waals surface area contributed by atoms with Crippen LogP contribution in [0.3, 0.4) is 0 Å². The normalized spacial score (nSPS) is 15.9. The van der Waals surface area contributed by atoms with Crippen molar-refractivity contribution in [2.24, 2.45) is 22.2 Å². The van der Waals surface area contributed by atoms with Gasteiger partial charge in [-0.05, 0) is 41.8 Å². The van der Waals surface area contributed by atoms with Crippen LogP contribution in [-0.4, -0.2) is 38.5 Å². The van der Waals surface area contributed by atoms with Crippen LogP contribution in [0, 0.1) is 0 Å². The van der Waals surface area contributed by atoms with E-state index in [-0.39, 0.29) is 6.04 Å². The van der Waals surface area contributed by atoms with Crippen LogP contribution in [0.25, 0.3) is 22.0 Å². The molecule has 6 rings (SSSR count). The number of nitrogens with two attached hydrogens (primary N) is 3. The van der Waals surface area contributed by atoms with E-state index in [2.05, 4.69) is 37.1 Å². The molecule has 10 nitrogen and oxygen atoms in total. The summed E-state index contributed by atoms with van der Waals surface area (Å²) in [6, 6.07) is 17.8. The lowest BCUT2D eigenvalue weighted by Crippen LogP contribution is -2.46. The lowest BCUT2D eigenvalue weighted by atomic mass is 10.1. The number of imidazole rings is 1. The van der Waals surface area contributed by atoms with E-state index in [0.717, 1.165) is 22.3 Å². The van der Waals surface area contributed by atoms with Gasteiger partial charge in [-0.2, -0.15) is 4.99 Å². The molecule has 0 amide bonds. The first-order chi connectivity index (χ1) is 18.1. The van der Waals surface area contributed by atoms with Crippen molar-refractivity contribution in [3.63, 3.8) is 0 Å². The second kappa shape index (κ2) is 9.41. The van der Waals surface area contributed by atoms with Crippen LogP contribution >= 0.6 is 0 Å². The van der Waals surface area contributed by atoms with Gasteiger partial charge in [0, 0.05) is 40.6 Å². The highest BCUT2D eigenvalue weighted by Crippen LogP contribution is 2.34. The van der Waals surface area contributed by atoms with E-state index in [1.165, 1.54) is 10.9 Å². The summed E-state index contributed by atoms with van der Waals surface area (Å²) >= 11 is 0. The number of rotatable bonds is 7. The molecular formula is C27H27N9O. The summed E-state index contributed by atoms with van der Waals surface area (Å²) in [5.74, 6) is 1.52. The van der Waals surface area contributed by atoms with Gasteiger partial charge in [-0.1, -0.05) is 30.3 Å². The Balaban J connectivity index is 1.17. The van der Waals surface area contributed by atoms with E-state index in [0.29, 0.717) is 36.2 Å². The van der Waals surface area contributed by atoms with Crippen molar-refractivity contribution in [2.45, 2.75) is 18.6 Å². The topological polar surface area (TPSA) is 160 Å². The number of ether oxygens (including phenoxy) is 1. The summed E-state index contributed by atoms with van der Waals surface area (Å²) in [5, 5.41) is 1.18. The number of guanidine groups is 1. The van der Waals surface area contributed by atoms with Gasteiger partial charge in [-0.15, -0.1) is 0 Å². The predicted molar refractivity (Wildman–Crippen MR) is 144 cm³/mol. The minimum absolute atomic E-state index is 0.166. The quantitative estimate of drug-likeness (QED) is 0.232. The molecule has 4 heterocycles. The molecule has 5 aromatic rings. The molecule has 2 atom stereocenters.